The predicted octanol–water partition coefficient (Wildman–Crippen LogP) is 2.91. The first-order valence-electron chi connectivity index (χ1n) is 9.38. The summed E-state index contributed by atoms with van der Waals surface area (Å²) in [6, 6.07) is 14.2. The number of carbonyl (C=O) groups excluding carboxylic acids is 1. The summed E-state index contributed by atoms with van der Waals surface area (Å²) in [6.45, 7) is 1.97. The fourth-order valence-corrected chi connectivity index (χ4v) is 3.80. The molecule has 2 aromatic rings. The first-order valence-corrected chi connectivity index (χ1v) is 11.3. The molecule has 0 saturated heterocycles. The van der Waals surface area contributed by atoms with Crippen LogP contribution in [0.1, 0.15) is 42.0 Å². The van der Waals surface area contributed by atoms with Crippen LogP contribution in [0.5, 0.6) is 0 Å². The molecule has 0 radical (unpaired) electrons. The first kappa shape index (κ1) is 21.5. The summed E-state index contributed by atoms with van der Waals surface area (Å²) in [7, 11) is -3.37. The van der Waals surface area contributed by atoms with Gasteiger partial charge in [0.1, 0.15) is 0 Å². The van der Waals surface area contributed by atoms with Crippen molar-refractivity contribution in [2.45, 2.75) is 32.2 Å². The zero-order chi connectivity index (χ0) is 21.9. The third kappa shape index (κ3) is 5.44. The minimum atomic E-state index is -3.37. The van der Waals surface area contributed by atoms with Gasteiger partial charge < -0.3 is 5.11 Å². The lowest BCUT2D eigenvalue weighted by molar-refractivity contribution is -0.141. The van der Waals surface area contributed by atoms with Gasteiger partial charge in [-0.2, -0.15) is 5.10 Å². The molecule has 158 valence electrons. The number of nitrogens with one attached hydrogen (secondary N) is 1. The second-order valence-electron chi connectivity index (χ2n) is 7.26. The van der Waals surface area contributed by atoms with Gasteiger partial charge in [-0.15, -0.1) is 0 Å². The molecule has 0 saturated carbocycles. The minimum absolute atomic E-state index is 0.133. The van der Waals surface area contributed by atoms with Gasteiger partial charge >= 0.3 is 5.97 Å². The van der Waals surface area contributed by atoms with Crippen LogP contribution >= 0.6 is 0 Å². The van der Waals surface area contributed by atoms with E-state index in [0.29, 0.717) is 17.8 Å². The number of carboxylic acid groups (broad SMARTS) is 1. The average molecular weight is 429 g/mol. The molecule has 1 atom stereocenters. The van der Waals surface area contributed by atoms with E-state index in [1.54, 1.807) is 24.3 Å². The Hall–Kier alpha value is -3.20. The van der Waals surface area contributed by atoms with Crippen LogP contribution in [0.15, 0.2) is 53.6 Å². The predicted molar refractivity (Wildman–Crippen MR) is 114 cm³/mol. The Labute approximate surface area is 175 Å². The maximum absolute atomic E-state index is 12.7. The van der Waals surface area contributed by atoms with Crippen molar-refractivity contribution in [1.29, 1.82) is 0 Å². The van der Waals surface area contributed by atoms with Crippen LogP contribution in [-0.4, -0.2) is 42.4 Å². The van der Waals surface area contributed by atoms with E-state index in [-0.39, 0.29) is 24.8 Å². The van der Waals surface area contributed by atoms with Crippen molar-refractivity contribution >= 4 is 33.3 Å². The van der Waals surface area contributed by atoms with E-state index in [4.69, 9.17) is 5.11 Å². The molecule has 2 N–H and O–H groups in total. The molecular formula is C21H23N3O5S. The summed E-state index contributed by atoms with van der Waals surface area (Å²) in [4.78, 5) is 23.5. The third-order valence-electron chi connectivity index (χ3n) is 4.70. The van der Waals surface area contributed by atoms with E-state index in [9.17, 15) is 18.0 Å². The highest BCUT2D eigenvalue weighted by Gasteiger charge is 2.33. The molecule has 2 aromatic carbocycles. The number of benzene rings is 2. The lowest BCUT2D eigenvalue weighted by atomic mass is 9.97. The Kier molecular flexibility index (Phi) is 6.21. The number of hydrogen-bond acceptors (Lipinski definition) is 5. The molecule has 30 heavy (non-hydrogen) atoms. The smallest absolute Gasteiger partial charge is 0.303 e. The van der Waals surface area contributed by atoms with Crippen molar-refractivity contribution in [3.8, 4) is 0 Å². The van der Waals surface area contributed by atoms with Gasteiger partial charge in [-0.3, -0.25) is 14.3 Å². The maximum Gasteiger partial charge on any atom is 0.303 e. The molecule has 1 aliphatic rings. The summed E-state index contributed by atoms with van der Waals surface area (Å²) in [6.07, 6.45) is 1.16. The zero-order valence-electron chi connectivity index (χ0n) is 16.7. The fourth-order valence-electron chi connectivity index (χ4n) is 3.24. The molecular weight excluding hydrogens is 406 g/mol. The molecule has 0 aliphatic carbocycles. The van der Waals surface area contributed by atoms with E-state index >= 15 is 0 Å². The van der Waals surface area contributed by atoms with Crippen molar-refractivity contribution in [2.75, 3.05) is 11.0 Å². The molecule has 0 aromatic heterocycles. The van der Waals surface area contributed by atoms with Crippen LogP contribution in [0.2, 0.25) is 0 Å². The van der Waals surface area contributed by atoms with E-state index in [1.807, 2.05) is 31.2 Å². The van der Waals surface area contributed by atoms with Gasteiger partial charge in [-0.05, 0) is 30.2 Å². The molecule has 9 heteroatoms. The molecule has 0 fully saturated rings. The Morgan fingerprint density at radius 2 is 1.73 bits per heavy atom. The van der Waals surface area contributed by atoms with Crippen molar-refractivity contribution < 1.29 is 23.1 Å². The number of amides is 1. The number of aryl methyl sites for hydroxylation is 1. The number of sulfonamides is 1. The number of anilines is 1. The van der Waals surface area contributed by atoms with E-state index in [2.05, 4.69) is 9.82 Å². The maximum atomic E-state index is 12.7. The standard InChI is InChI=1S/C21H23N3O5S/c1-14-3-5-16(6-4-14)19-13-18(22-24(19)20(25)11-12-21(26)27)15-7-9-17(10-8-15)23-30(2,28)29/h3-10,19,23H,11-13H2,1-2H3,(H,26,27)/t19-/m1/s1. The SMILES string of the molecule is Cc1ccc([C@H]2CC(c3ccc(NS(C)(=O)=O)cc3)=NN2C(=O)CCC(=O)O)cc1. The number of hydrogen-bond donors (Lipinski definition) is 2. The number of carboxylic acids is 1. The largest absolute Gasteiger partial charge is 0.481 e. The number of rotatable bonds is 7. The van der Waals surface area contributed by atoms with Gasteiger partial charge in [0.05, 0.1) is 24.4 Å². The second kappa shape index (κ2) is 8.66. The van der Waals surface area contributed by atoms with Crippen molar-refractivity contribution in [3.05, 3.63) is 65.2 Å². The van der Waals surface area contributed by atoms with Crippen LogP contribution < -0.4 is 4.72 Å². The van der Waals surface area contributed by atoms with Crippen LogP contribution in [0.25, 0.3) is 0 Å². The Bertz CT molecular complexity index is 1080. The van der Waals surface area contributed by atoms with Gasteiger partial charge in [0.15, 0.2) is 0 Å². The number of hydrazone groups is 1. The van der Waals surface area contributed by atoms with Gasteiger partial charge in [0.2, 0.25) is 15.9 Å². The number of carbonyl (C=O) groups is 2. The highest BCUT2D eigenvalue weighted by molar-refractivity contribution is 7.92. The highest BCUT2D eigenvalue weighted by Crippen LogP contribution is 2.33. The quantitative estimate of drug-likeness (QED) is 0.702. The molecule has 0 spiro atoms. The topological polar surface area (TPSA) is 116 Å². The number of aliphatic carboxylic acids is 1. The lowest BCUT2D eigenvalue weighted by Crippen LogP contribution is -2.27. The summed E-state index contributed by atoms with van der Waals surface area (Å²) < 4.78 is 25.1. The summed E-state index contributed by atoms with van der Waals surface area (Å²) in [5, 5.41) is 14.8. The Morgan fingerprint density at radius 1 is 1.10 bits per heavy atom. The van der Waals surface area contributed by atoms with Crippen molar-refractivity contribution in [1.82, 2.24) is 5.01 Å². The van der Waals surface area contributed by atoms with Crippen LogP contribution in [0, 0.1) is 6.92 Å². The second-order valence-corrected chi connectivity index (χ2v) is 9.01. The minimum Gasteiger partial charge on any atom is -0.481 e. The van der Waals surface area contributed by atoms with Gasteiger partial charge in [0.25, 0.3) is 0 Å². The van der Waals surface area contributed by atoms with Crippen molar-refractivity contribution in [3.63, 3.8) is 0 Å². The molecule has 0 unspecified atom stereocenters. The molecule has 3 rings (SSSR count). The van der Waals surface area contributed by atoms with Crippen molar-refractivity contribution in [2.24, 2.45) is 5.10 Å². The Balaban J connectivity index is 1.87. The molecule has 1 aliphatic heterocycles. The highest BCUT2D eigenvalue weighted by atomic mass is 32.2. The Morgan fingerprint density at radius 3 is 2.30 bits per heavy atom. The average Bonchev–Trinajstić information content (AvgIpc) is 3.11. The van der Waals surface area contributed by atoms with Gasteiger partial charge in [-0.25, -0.2) is 13.4 Å². The first-order chi connectivity index (χ1) is 14.1. The van der Waals surface area contributed by atoms with E-state index in [0.717, 1.165) is 22.9 Å². The zero-order valence-corrected chi connectivity index (χ0v) is 17.5. The summed E-state index contributed by atoms with van der Waals surface area (Å²) in [5.41, 5.74) is 3.88. The normalized spacial score (nSPS) is 16.3. The molecule has 1 heterocycles. The monoisotopic (exact) mass is 429 g/mol. The lowest BCUT2D eigenvalue weighted by Gasteiger charge is -2.22. The van der Waals surface area contributed by atoms with Gasteiger partial charge in [0, 0.05) is 18.5 Å². The third-order valence-corrected chi connectivity index (χ3v) is 5.31. The van der Waals surface area contributed by atoms with Crippen LogP contribution in [0.3, 0.4) is 0 Å². The van der Waals surface area contributed by atoms with Gasteiger partial charge in [-0.1, -0.05) is 42.0 Å². The van der Waals surface area contributed by atoms with Crippen LogP contribution in [0.4, 0.5) is 5.69 Å². The molecule has 0 bridgehead atoms. The molecule has 1 amide bonds. The molecule has 8 nitrogen and oxygen atoms in total. The van der Waals surface area contributed by atoms with Crippen LogP contribution in [-0.2, 0) is 19.6 Å². The summed E-state index contributed by atoms with van der Waals surface area (Å²) in [5.74, 6) is -1.39. The number of nitrogens with zero attached hydrogens (tertiary/aromatic N) is 2. The van der Waals surface area contributed by atoms with E-state index < -0.39 is 16.0 Å². The fraction of sp³-hybridized carbons (Fsp3) is 0.286. The van der Waals surface area contributed by atoms with E-state index in [1.165, 1.54) is 5.01 Å². The summed E-state index contributed by atoms with van der Waals surface area (Å²) >= 11 is 0.